The van der Waals surface area contributed by atoms with Gasteiger partial charge in [-0.05, 0) is 0 Å². The van der Waals surface area contributed by atoms with Crippen LogP contribution in [0.25, 0.3) is 0 Å². The van der Waals surface area contributed by atoms with Crippen LogP contribution in [-0.4, -0.2) is 28.7 Å². The lowest BCUT2D eigenvalue weighted by Gasteiger charge is -2.05. The lowest BCUT2D eigenvalue weighted by atomic mass is 10.1. The van der Waals surface area contributed by atoms with Gasteiger partial charge >= 0.3 is 0 Å². The van der Waals surface area contributed by atoms with E-state index in [4.69, 9.17) is 10.2 Å². The molecule has 0 saturated carbocycles. The van der Waals surface area contributed by atoms with Gasteiger partial charge in [-0.25, -0.2) is 0 Å². The van der Waals surface area contributed by atoms with E-state index in [-0.39, 0.29) is 18.8 Å². The highest BCUT2D eigenvalue weighted by molar-refractivity contribution is 5.96. The second-order valence-electron chi connectivity index (χ2n) is 2.83. The molecule has 0 radical (unpaired) electrons. The van der Waals surface area contributed by atoms with Crippen LogP contribution in [0.4, 0.5) is 0 Å². The number of aliphatic hydroxyl groups excluding tert-OH is 2. The zero-order valence-corrected chi connectivity index (χ0v) is 7.18. The van der Waals surface area contributed by atoms with Gasteiger partial charge in [0, 0.05) is 12.0 Å². The fourth-order valence-corrected chi connectivity index (χ4v) is 1.02. The first-order valence-corrected chi connectivity index (χ1v) is 4.11. The molecule has 3 heteroatoms. The molecule has 3 nitrogen and oxygen atoms in total. The SMILES string of the molecule is O=C(C[C@H](O)CO)c1ccccc1. The maximum Gasteiger partial charge on any atom is 0.165 e. The maximum atomic E-state index is 11.3. The van der Waals surface area contributed by atoms with Crippen LogP contribution in [0.2, 0.25) is 0 Å². The summed E-state index contributed by atoms with van der Waals surface area (Å²) in [7, 11) is 0. The first-order valence-electron chi connectivity index (χ1n) is 4.11. The number of Topliss-reactive ketones (excluding diaryl/α,β-unsaturated/α-hetero) is 1. The molecule has 1 aromatic carbocycles. The molecule has 0 aliphatic rings. The summed E-state index contributed by atoms with van der Waals surface area (Å²) in [6, 6.07) is 8.72. The monoisotopic (exact) mass is 180 g/mol. The van der Waals surface area contributed by atoms with Crippen LogP contribution in [0.15, 0.2) is 30.3 Å². The van der Waals surface area contributed by atoms with Crippen molar-refractivity contribution in [2.45, 2.75) is 12.5 Å². The molecule has 0 aliphatic heterocycles. The van der Waals surface area contributed by atoms with E-state index in [9.17, 15) is 4.79 Å². The highest BCUT2D eigenvalue weighted by Gasteiger charge is 2.10. The smallest absolute Gasteiger partial charge is 0.165 e. The number of carbonyl (C=O) groups is 1. The van der Waals surface area contributed by atoms with E-state index in [1.54, 1.807) is 24.3 Å². The Balaban J connectivity index is 2.59. The fourth-order valence-electron chi connectivity index (χ4n) is 1.02. The van der Waals surface area contributed by atoms with Crippen LogP contribution in [0.3, 0.4) is 0 Å². The normalized spacial score (nSPS) is 12.5. The lowest BCUT2D eigenvalue weighted by molar-refractivity contribution is 0.0703. The van der Waals surface area contributed by atoms with Gasteiger partial charge in [0.15, 0.2) is 5.78 Å². The third-order valence-electron chi connectivity index (χ3n) is 1.73. The molecule has 0 unspecified atom stereocenters. The van der Waals surface area contributed by atoms with E-state index in [1.807, 2.05) is 6.07 Å². The third kappa shape index (κ3) is 2.97. The average Bonchev–Trinajstić information content (AvgIpc) is 2.19. The van der Waals surface area contributed by atoms with Gasteiger partial charge in [-0.3, -0.25) is 4.79 Å². The molecule has 1 rings (SSSR count). The Morgan fingerprint density at radius 1 is 1.31 bits per heavy atom. The second kappa shape index (κ2) is 4.74. The number of ketones is 1. The molecule has 13 heavy (non-hydrogen) atoms. The Bertz CT molecular complexity index is 269. The summed E-state index contributed by atoms with van der Waals surface area (Å²) in [6.07, 6.45) is -0.978. The Hall–Kier alpha value is -1.19. The van der Waals surface area contributed by atoms with Crippen molar-refractivity contribution in [3.8, 4) is 0 Å². The summed E-state index contributed by atoms with van der Waals surface area (Å²) < 4.78 is 0. The van der Waals surface area contributed by atoms with Gasteiger partial charge in [-0.15, -0.1) is 0 Å². The van der Waals surface area contributed by atoms with E-state index < -0.39 is 6.10 Å². The summed E-state index contributed by atoms with van der Waals surface area (Å²) in [5, 5.41) is 17.5. The van der Waals surface area contributed by atoms with Crippen LogP contribution in [0.1, 0.15) is 16.8 Å². The van der Waals surface area contributed by atoms with Gasteiger partial charge < -0.3 is 10.2 Å². The summed E-state index contributed by atoms with van der Waals surface area (Å²) in [5.41, 5.74) is 0.565. The Morgan fingerprint density at radius 2 is 1.92 bits per heavy atom. The van der Waals surface area contributed by atoms with Crippen molar-refractivity contribution in [1.29, 1.82) is 0 Å². The average molecular weight is 180 g/mol. The van der Waals surface area contributed by atoms with E-state index in [2.05, 4.69) is 0 Å². The van der Waals surface area contributed by atoms with E-state index >= 15 is 0 Å². The fraction of sp³-hybridized carbons (Fsp3) is 0.300. The lowest BCUT2D eigenvalue weighted by Crippen LogP contribution is -2.17. The molecule has 1 aromatic rings. The number of hydrogen-bond acceptors (Lipinski definition) is 3. The van der Waals surface area contributed by atoms with Crippen LogP contribution < -0.4 is 0 Å². The Morgan fingerprint density at radius 3 is 2.46 bits per heavy atom. The molecular formula is C10H12O3. The van der Waals surface area contributed by atoms with E-state index in [0.29, 0.717) is 5.56 Å². The molecule has 0 saturated heterocycles. The molecule has 1 atom stereocenters. The van der Waals surface area contributed by atoms with Crippen molar-refractivity contribution < 1.29 is 15.0 Å². The third-order valence-corrected chi connectivity index (χ3v) is 1.73. The predicted molar refractivity (Wildman–Crippen MR) is 48.5 cm³/mol. The summed E-state index contributed by atoms with van der Waals surface area (Å²) >= 11 is 0. The molecule has 0 bridgehead atoms. The van der Waals surface area contributed by atoms with Crippen molar-refractivity contribution in [1.82, 2.24) is 0 Å². The minimum atomic E-state index is -0.951. The Kier molecular flexibility index (Phi) is 3.61. The van der Waals surface area contributed by atoms with Crippen molar-refractivity contribution in [2.24, 2.45) is 0 Å². The second-order valence-corrected chi connectivity index (χ2v) is 2.83. The van der Waals surface area contributed by atoms with Gasteiger partial charge in [0.05, 0.1) is 12.7 Å². The molecule has 0 heterocycles. The molecule has 0 aromatic heterocycles. The van der Waals surface area contributed by atoms with Gasteiger partial charge in [0.2, 0.25) is 0 Å². The van der Waals surface area contributed by atoms with Crippen LogP contribution in [-0.2, 0) is 0 Å². The van der Waals surface area contributed by atoms with Crippen LogP contribution in [0.5, 0.6) is 0 Å². The topological polar surface area (TPSA) is 57.5 Å². The Labute approximate surface area is 76.6 Å². The summed E-state index contributed by atoms with van der Waals surface area (Å²) in [4.78, 5) is 11.3. The highest BCUT2D eigenvalue weighted by atomic mass is 16.3. The zero-order chi connectivity index (χ0) is 9.68. The van der Waals surface area contributed by atoms with Gasteiger partial charge in [0.25, 0.3) is 0 Å². The maximum absolute atomic E-state index is 11.3. The van der Waals surface area contributed by atoms with Crippen LogP contribution in [0, 0.1) is 0 Å². The quantitative estimate of drug-likeness (QED) is 0.667. The van der Waals surface area contributed by atoms with Crippen molar-refractivity contribution in [2.75, 3.05) is 6.61 Å². The zero-order valence-electron chi connectivity index (χ0n) is 7.18. The van der Waals surface area contributed by atoms with Crippen molar-refractivity contribution >= 4 is 5.78 Å². The molecule has 2 N–H and O–H groups in total. The first kappa shape index (κ1) is 9.89. The highest BCUT2D eigenvalue weighted by Crippen LogP contribution is 2.04. The molecule has 70 valence electrons. The van der Waals surface area contributed by atoms with Crippen molar-refractivity contribution in [3.05, 3.63) is 35.9 Å². The number of rotatable bonds is 4. The first-order chi connectivity index (χ1) is 6.24. The molecule has 0 spiro atoms. The van der Waals surface area contributed by atoms with Gasteiger partial charge in [0.1, 0.15) is 0 Å². The van der Waals surface area contributed by atoms with E-state index in [0.717, 1.165) is 0 Å². The van der Waals surface area contributed by atoms with Crippen LogP contribution >= 0.6 is 0 Å². The minimum Gasteiger partial charge on any atom is -0.394 e. The number of aliphatic hydroxyl groups is 2. The molecule has 0 fully saturated rings. The standard InChI is InChI=1S/C10H12O3/c11-7-9(12)6-10(13)8-4-2-1-3-5-8/h1-5,9,11-12H,6-7H2/t9-/m0/s1. The minimum absolute atomic E-state index is 0.0273. The van der Waals surface area contributed by atoms with Gasteiger partial charge in [-0.2, -0.15) is 0 Å². The molecule has 0 amide bonds. The van der Waals surface area contributed by atoms with E-state index in [1.165, 1.54) is 0 Å². The molecule has 0 aliphatic carbocycles. The number of benzene rings is 1. The number of carbonyl (C=O) groups excluding carboxylic acids is 1. The summed E-state index contributed by atoms with van der Waals surface area (Å²) in [6.45, 7) is -0.376. The predicted octanol–water partition coefficient (Wildman–Crippen LogP) is 0.613. The summed E-state index contributed by atoms with van der Waals surface area (Å²) in [5.74, 6) is -0.151. The molecular weight excluding hydrogens is 168 g/mol. The van der Waals surface area contributed by atoms with Gasteiger partial charge in [-0.1, -0.05) is 30.3 Å². The number of hydrogen-bond donors (Lipinski definition) is 2. The van der Waals surface area contributed by atoms with Crippen molar-refractivity contribution in [3.63, 3.8) is 0 Å². The largest absolute Gasteiger partial charge is 0.394 e.